The number of amides is 1. The summed E-state index contributed by atoms with van der Waals surface area (Å²) in [6.45, 7) is 13.7. The van der Waals surface area contributed by atoms with E-state index in [1.165, 1.54) is 24.0 Å². The predicted molar refractivity (Wildman–Crippen MR) is 142 cm³/mol. The fraction of sp³-hybridized carbons (Fsp3) is 0.400. The number of hydrogen-bond acceptors (Lipinski definition) is 3. The van der Waals surface area contributed by atoms with Crippen molar-refractivity contribution >= 4 is 17.2 Å². The second-order valence-electron chi connectivity index (χ2n) is 9.08. The average molecular weight is 456 g/mol. The van der Waals surface area contributed by atoms with Crippen LogP contribution in [0.4, 0.5) is 0 Å². The number of aromatic nitrogens is 1. The summed E-state index contributed by atoms with van der Waals surface area (Å²) >= 11 is 0. The molecule has 3 rings (SSSR count). The van der Waals surface area contributed by atoms with E-state index in [0.717, 1.165) is 48.5 Å². The average Bonchev–Trinajstić information content (AvgIpc) is 3.66. The summed E-state index contributed by atoms with van der Waals surface area (Å²) in [5.41, 5.74) is 9.14. The molecule has 0 aliphatic heterocycles. The number of hydrogen-bond donors (Lipinski definition) is 0. The van der Waals surface area contributed by atoms with Crippen LogP contribution in [-0.4, -0.2) is 34.6 Å². The summed E-state index contributed by atoms with van der Waals surface area (Å²) in [5, 5.41) is 0. The number of rotatable bonds is 11. The zero-order chi connectivity index (χ0) is 24.6. The van der Waals surface area contributed by atoms with Gasteiger partial charge in [0.2, 0.25) is 0 Å². The first-order valence-electron chi connectivity index (χ1n) is 12.4. The van der Waals surface area contributed by atoms with Crippen LogP contribution in [-0.2, 0) is 11.8 Å². The van der Waals surface area contributed by atoms with Gasteiger partial charge in [-0.25, -0.2) is 0 Å². The van der Waals surface area contributed by atoms with E-state index in [0.29, 0.717) is 6.42 Å². The van der Waals surface area contributed by atoms with Gasteiger partial charge in [-0.3, -0.25) is 14.8 Å². The van der Waals surface area contributed by atoms with Crippen LogP contribution in [0.2, 0.25) is 0 Å². The quantitative estimate of drug-likeness (QED) is 0.213. The molecule has 1 saturated carbocycles. The number of carbonyl (C=O) groups is 1. The van der Waals surface area contributed by atoms with Crippen LogP contribution in [0.3, 0.4) is 0 Å². The molecule has 0 atom stereocenters. The maximum atomic E-state index is 13.2. The fourth-order valence-electron chi connectivity index (χ4n) is 4.53. The molecule has 0 bridgehead atoms. The minimum Gasteiger partial charge on any atom is -0.339 e. The molecule has 34 heavy (non-hydrogen) atoms. The van der Waals surface area contributed by atoms with Crippen molar-refractivity contribution in [2.24, 2.45) is 4.99 Å². The normalized spacial score (nSPS) is 14.9. The largest absolute Gasteiger partial charge is 0.339 e. The van der Waals surface area contributed by atoms with Gasteiger partial charge in [0, 0.05) is 48.8 Å². The number of nitrogens with zero attached hydrogens (tertiary/aromatic N) is 3. The van der Waals surface area contributed by atoms with E-state index in [2.05, 4.69) is 43.3 Å². The summed E-state index contributed by atoms with van der Waals surface area (Å²) in [6, 6.07) is 12.1. The number of pyridine rings is 1. The van der Waals surface area contributed by atoms with Gasteiger partial charge in [-0.1, -0.05) is 32.6 Å². The number of aliphatic imine (C=N–C) groups is 1. The van der Waals surface area contributed by atoms with E-state index in [1.807, 2.05) is 49.2 Å². The molecule has 2 aromatic rings. The van der Waals surface area contributed by atoms with Crippen LogP contribution < -0.4 is 0 Å². The van der Waals surface area contributed by atoms with Gasteiger partial charge < -0.3 is 4.90 Å². The lowest BCUT2D eigenvalue weighted by Gasteiger charge is -2.23. The van der Waals surface area contributed by atoms with Crippen molar-refractivity contribution in [2.75, 3.05) is 13.1 Å². The Morgan fingerprint density at radius 2 is 2.03 bits per heavy atom. The van der Waals surface area contributed by atoms with E-state index >= 15 is 0 Å². The molecule has 178 valence electrons. The smallest absolute Gasteiger partial charge is 0.253 e. The van der Waals surface area contributed by atoms with Gasteiger partial charge in [-0.2, -0.15) is 0 Å². The molecule has 1 fully saturated rings. The summed E-state index contributed by atoms with van der Waals surface area (Å²) in [4.78, 5) is 24.3. The lowest BCUT2D eigenvalue weighted by atomic mass is 9.86. The van der Waals surface area contributed by atoms with Crippen molar-refractivity contribution in [3.63, 3.8) is 0 Å². The molecule has 1 amide bonds. The SMILES string of the molecule is C=C=C/C(=C\N=C(/C)Cc1cc(C(=O)N(CC)CCC)ccc1C1(CC)CC1)c1ccccn1. The highest BCUT2D eigenvalue weighted by Crippen LogP contribution is 2.52. The molecule has 4 nitrogen and oxygen atoms in total. The summed E-state index contributed by atoms with van der Waals surface area (Å²) in [7, 11) is 0. The van der Waals surface area contributed by atoms with Crippen LogP contribution in [0.15, 0.2) is 72.2 Å². The monoisotopic (exact) mass is 455 g/mol. The third-order valence-corrected chi connectivity index (χ3v) is 6.70. The van der Waals surface area contributed by atoms with Crippen molar-refractivity contribution in [1.82, 2.24) is 9.88 Å². The van der Waals surface area contributed by atoms with Crippen molar-refractivity contribution in [2.45, 2.75) is 65.2 Å². The maximum Gasteiger partial charge on any atom is 0.253 e. The Morgan fingerprint density at radius 3 is 2.62 bits per heavy atom. The molecular formula is C30H37N3O. The van der Waals surface area contributed by atoms with E-state index in [1.54, 1.807) is 12.3 Å². The second kappa shape index (κ2) is 11.8. The van der Waals surface area contributed by atoms with Crippen LogP contribution >= 0.6 is 0 Å². The third kappa shape index (κ3) is 6.01. The molecule has 0 N–H and O–H groups in total. The van der Waals surface area contributed by atoms with Crippen molar-refractivity contribution in [1.29, 1.82) is 0 Å². The first kappa shape index (κ1) is 25.4. The van der Waals surface area contributed by atoms with Gasteiger partial charge in [0.1, 0.15) is 0 Å². The molecule has 1 aliphatic rings. The zero-order valence-electron chi connectivity index (χ0n) is 21.1. The number of carbonyl (C=O) groups excluding carboxylic acids is 1. The molecule has 0 unspecified atom stereocenters. The molecular weight excluding hydrogens is 418 g/mol. The van der Waals surface area contributed by atoms with Crippen LogP contribution in [0, 0.1) is 0 Å². The van der Waals surface area contributed by atoms with Crippen molar-refractivity contribution < 1.29 is 4.79 Å². The summed E-state index contributed by atoms with van der Waals surface area (Å²) < 4.78 is 0. The Bertz CT molecular complexity index is 1100. The van der Waals surface area contributed by atoms with Gasteiger partial charge in [0.15, 0.2) is 0 Å². The summed E-state index contributed by atoms with van der Waals surface area (Å²) in [6.07, 6.45) is 10.6. The molecule has 1 aromatic carbocycles. The fourth-order valence-corrected chi connectivity index (χ4v) is 4.53. The lowest BCUT2D eigenvalue weighted by Crippen LogP contribution is -2.31. The highest BCUT2D eigenvalue weighted by Gasteiger charge is 2.43. The predicted octanol–water partition coefficient (Wildman–Crippen LogP) is 6.78. The highest BCUT2D eigenvalue weighted by atomic mass is 16.2. The Balaban J connectivity index is 1.94. The molecule has 1 heterocycles. The van der Waals surface area contributed by atoms with Gasteiger partial charge in [0.25, 0.3) is 5.91 Å². The molecule has 0 radical (unpaired) electrons. The van der Waals surface area contributed by atoms with Crippen LogP contribution in [0.1, 0.15) is 80.6 Å². The number of allylic oxidation sites excluding steroid dienone is 2. The Hall–Kier alpha value is -3.23. The van der Waals surface area contributed by atoms with Gasteiger partial charge in [-0.15, -0.1) is 5.73 Å². The first-order valence-corrected chi connectivity index (χ1v) is 12.4. The second-order valence-corrected chi connectivity index (χ2v) is 9.08. The zero-order valence-corrected chi connectivity index (χ0v) is 21.1. The van der Waals surface area contributed by atoms with Crippen molar-refractivity contribution in [3.8, 4) is 0 Å². The van der Waals surface area contributed by atoms with Crippen LogP contribution in [0.25, 0.3) is 5.57 Å². The standard InChI is InChI=1S/C30H37N3O/c1-6-12-25(28-13-10-11-18-31-28)22-32-23(5)20-26-21-24(29(34)33(9-4)19-7-2)14-15-27(26)30(8-3)16-17-30/h10-15,18,21-22H,1,7-9,16-17,19-20H2,2-5H3/b25-22+,32-23+. The van der Waals surface area contributed by atoms with Gasteiger partial charge in [-0.05, 0) is 86.4 Å². The molecule has 0 spiro atoms. The third-order valence-electron chi connectivity index (χ3n) is 6.70. The number of benzene rings is 1. The Kier molecular flexibility index (Phi) is 8.79. The Labute approximate surface area is 204 Å². The van der Waals surface area contributed by atoms with E-state index < -0.39 is 0 Å². The van der Waals surface area contributed by atoms with Crippen LogP contribution in [0.5, 0.6) is 0 Å². The molecule has 1 aliphatic carbocycles. The lowest BCUT2D eigenvalue weighted by molar-refractivity contribution is 0.0764. The van der Waals surface area contributed by atoms with Crippen molar-refractivity contribution in [3.05, 3.63) is 89.6 Å². The minimum atomic E-state index is 0.113. The topological polar surface area (TPSA) is 45.6 Å². The van der Waals surface area contributed by atoms with Gasteiger partial charge in [0.05, 0.1) is 5.69 Å². The Morgan fingerprint density at radius 1 is 1.24 bits per heavy atom. The van der Waals surface area contributed by atoms with E-state index in [-0.39, 0.29) is 11.3 Å². The maximum absolute atomic E-state index is 13.2. The van der Waals surface area contributed by atoms with E-state index in [4.69, 9.17) is 4.99 Å². The molecule has 4 heteroatoms. The summed E-state index contributed by atoms with van der Waals surface area (Å²) in [5.74, 6) is 0.113. The molecule has 0 saturated heterocycles. The van der Waals surface area contributed by atoms with Gasteiger partial charge >= 0.3 is 0 Å². The first-order chi connectivity index (χ1) is 16.5. The molecule has 1 aromatic heterocycles. The highest BCUT2D eigenvalue weighted by molar-refractivity contribution is 5.95. The minimum absolute atomic E-state index is 0.113. The van der Waals surface area contributed by atoms with E-state index in [9.17, 15) is 4.79 Å².